The molecule has 0 amide bonds. The van der Waals surface area contributed by atoms with Gasteiger partial charge in [0.05, 0.1) is 11.8 Å². The first-order chi connectivity index (χ1) is 9.08. The van der Waals surface area contributed by atoms with Gasteiger partial charge in [0.1, 0.15) is 5.15 Å². The summed E-state index contributed by atoms with van der Waals surface area (Å²) in [6, 6.07) is 13.0. The summed E-state index contributed by atoms with van der Waals surface area (Å²) in [5.74, 6) is 0. The number of likely N-dealkylation sites (N-methyl/N-ethyl adjacent to an activating group) is 1. The lowest BCUT2D eigenvalue weighted by Gasteiger charge is -2.23. The first-order valence-electron chi connectivity index (χ1n) is 5.84. The Balaban J connectivity index is 2.10. The standard InChI is InChI=1S/C14H14Cl2N2O/c1-18(11-7-8-13(15)17-14(11)16)9-12(19)10-5-3-2-4-6-10/h2-8,12,19H,9H2,1H3/t12-/m0/s1. The molecular formula is C14H14Cl2N2O. The van der Waals surface area contributed by atoms with E-state index in [9.17, 15) is 5.11 Å². The zero-order valence-electron chi connectivity index (χ0n) is 10.4. The van der Waals surface area contributed by atoms with Crippen molar-refractivity contribution in [1.82, 2.24) is 4.98 Å². The molecule has 0 unspecified atom stereocenters. The molecule has 0 spiro atoms. The molecule has 2 aromatic rings. The summed E-state index contributed by atoms with van der Waals surface area (Å²) >= 11 is 11.8. The minimum Gasteiger partial charge on any atom is -0.387 e. The molecule has 3 nitrogen and oxygen atoms in total. The zero-order chi connectivity index (χ0) is 13.8. The van der Waals surface area contributed by atoms with Gasteiger partial charge in [0, 0.05) is 13.6 Å². The van der Waals surface area contributed by atoms with E-state index in [-0.39, 0.29) is 0 Å². The largest absolute Gasteiger partial charge is 0.387 e. The lowest BCUT2D eigenvalue weighted by Crippen LogP contribution is -2.24. The van der Waals surface area contributed by atoms with E-state index in [1.54, 1.807) is 12.1 Å². The van der Waals surface area contributed by atoms with Gasteiger partial charge in [0.2, 0.25) is 0 Å². The fourth-order valence-corrected chi connectivity index (χ4v) is 2.32. The van der Waals surface area contributed by atoms with Gasteiger partial charge in [0.15, 0.2) is 5.15 Å². The maximum absolute atomic E-state index is 10.2. The third-order valence-corrected chi connectivity index (χ3v) is 3.33. The van der Waals surface area contributed by atoms with E-state index in [2.05, 4.69) is 4.98 Å². The lowest BCUT2D eigenvalue weighted by atomic mass is 10.1. The summed E-state index contributed by atoms with van der Waals surface area (Å²) in [7, 11) is 1.85. The van der Waals surface area contributed by atoms with Crippen LogP contribution in [0, 0.1) is 0 Å². The second-order valence-electron chi connectivity index (χ2n) is 4.25. The van der Waals surface area contributed by atoms with Crippen LogP contribution in [0.4, 0.5) is 5.69 Å². The number of aliphatic hydroxyl groups is 1. The molecule has 0 aliphatic carbocycles. The molecule has 5 heteroatoms. The van der Waals surface area contributed by atoms with Crippen molar-refractivity contribution in [1.29, 1.82) is 0 Å². The molecular weight excluding hydrogens is 283 g/mol. The Hall–Kier alpha value is -1.29. The van der Waals surface area contributed by atoms with E-state index in [0.29, 0.717) is 16.9 Å². The van der Waals surface area contributed by atoms with Crippen LogP contribution >= 0.6 is 23.2 Å². The minimum atomic E-state index is -0.585. The van der Waals surface area contributed by atoms with E-state index >= 15 is 0 Å². The van der Waals surface area contributed by atoms with Crippen LogP contribution in [0.25, 0.3) is 0 Å². The maximum atomic E-state index is 10.2. The van der Waals surface area contributed by atoms with Gasteiger partial charge in [-0.2, -0.15) is 0 Å². The highest BCUT2D eigenvalue weighted by Gasteiger charge is 2.13. The number of rotatable bonds is 4. The van der Waals surface area contributed by atoms with Crippen LogP contribution in [0.15, 0.2) is 42.5 Å². The summed E-state index contributed by atoms with van der Waals surface area (Å²) in [4.78, 5) is 5.83. The van der Waals surface area contributed by atoms with Gasteiger partial charge in [-0.25, -0.2) is 4.98 Å². The van der Waals surface area contributed by atoms with Crippen LogP contribution in [-0.4, -0.2) is 23.7 Å². The summed E-state index contributed by atoms with van der Waals surface area (Å²) in [6.45, 7) is 0.424. The summed E-state index contributed by atoms with van der Waals surface area (Å²) in [5.41, 5.74) is 1.61. The second-order valence-corrected chi connectivity index (χ2v) is 5.00. The Labute approximate surface area is 122 Å². The normalized spacial score (nSPS) is 12.2. The first-order valence-corrected chi connectivity index (χ1v) is 6.59. The monoisotopic (exact) mass is 296 g/mol. The van der Waals surface area contributed by atoms with E-state index in [4.69, 9.17) is 23.2 Å². The fourth-order valence-electron chi connectivity index (χ4n) is 1.83. The first kappa shape index (κ1) is 14.1. The maximum Gasteiger partial charge on any atom is 0.154 e. The van der Waals surface area contributed by atoms with Crippen molar-refractivity contribution >= 4 is 28.9 Å². The molecule has 0 aliphatic heterocycles. The lowest BCUT2D eigenvalue weighted by molar-refractivity contribution is 0.185. The van der Waals surface area contributed by atoms with Crippen molar-refractivity contribution in [3.05, 3.63) is 58.3 Å². The predicted octanol–water partition coefficient (Wildman–Crippen LogP) is 3.56. The molecule has 1 aromatic heterocycles. The molecule has 1 N–H and O–H groups in total. The molecule has 0 saturated carbocycles. The highest BCUT2D eigenvalue weighted by molar-refractivity contribution is 6.34. The minimum absolute atomic E-state index is 0.329. The van der Waals surface area contributed by atoms with Gasteiger partial charge in [0.25, 0.3) is 0 Å². The van der Waals surface area contributed by atoms with Crippen LogP contribution < -0.4 is 4.90 Å². The summed E-state index contributed by atoms with van der Waals surface area (Å²) < 4.78 is 0. The van der Waals surface area contributed by atoms with Gasteiger partial charge in [-0.15, -0.1) is 0 Å². The quantitative estimate of drug-likeness (QED) is 0.877. The number of aliphatic hydroxyl groups excluding tert-OH is 1. The Bertz CT molecular complexity index is 548. The number of hydrogen-bond acceptors (Lipinski definition) is 3. The highest BCUT2D eigenvalue weighted by atomic mass is 35.5. The number of benzene rings is 1. The smallest absolute Gasteiger partial charge is 0.154 e. The highest BCUT2D eigenvalue weighted by Crippen LogP contribution is 2.26. The van der Waals surface area contributed by atoms with Crippen LogP contribution in [0.2, 0.25) is 10.3 Å². The van der Waals surface area contributed by atoms with Crippen LogP contribution in [0.5, 0.6) is 0 Å². The van der Waals surface area contributed by atoms with Gasteiger partial charge in [-0.3, -0.25) is 0 Å². The number of pyridine rings is 1. The average molecular weight is 297 g/mol. The van der Waals surface area contributed by atoms with E-state index in [0.717, 1.165) is 11.3 Å². The van der Waals surface area contributed by atoms with Crippen molar-refractivity contribution in [2.24, 2.45) is 0 Å². The third-order valence-electron chi connectivity index (χ3n) is 2.84. The Morgan fingerprint density at radius 2 is 1.84 bits per heavy atom. The van der Waals surface area contributed by atoms with Crippen LogP contribution in [-0.2, 0) is 0 Å². The number of halogens is 2. The molecule has 0 fully saturated rings. The van der Waals surface area contributed by atoms with Crippen molar-refractivity contribution in [2.75, 3.05) is 18.5 Å². The molecule has 1 aromatic carbocycles. The number of hydrogen-bond donors (Lipinski definition) is 1. The van der Waals surface area contributed by atoms with Crippen molar-refractivity contribution in [3.8, 4) is 0 Å². The molecule has 2 rings (SSSR count). The zero-order valence-corrected chi connectivity index (χ0v) is 11.9. The predicted molar refractivity (Wildman–Crippen MR) is 78.9 cm³/mol. The summed E-state index contributed by atoms with van der Waals surface area (Å²) in [5, 5.41) is 10.8. The molecule has 1 heterocycles. The Morgan fingerprint density at radius 1 is 1.16 bits per heavy atom. The van der Waals surface area contributed by atoms with Gasteiger partial charge < -0.3 is 10.0 Å². The molecule has 0 aliphatic rings. The van der Waals surface area contributed by atoms with Gasteiger partial charge in [-0.05, 0) is 17.7 Å². The summed E-state index contributed by atoms with van der Waals surface area (Å²) in [6.07, 6.45) is -0.585. The number of nitrogens with zero attached hydrogens (tertiary/aromatic N) is 2. The Kier molecular flexibility index (Phi) is 4.64. The Morgan fingerprint density at radius 3 is 2.47 bits per heavy atom. The SMILES string of the molecule is CN(C[C@H](O)c1ccccc1)c1ccc(Cl)nc1Cl. The van der Waals surface area contributed by atoms with Crippen molar-refractivity contribution < 1.29 is 5.11 Å². The third kappa shape index (κ3) is 3.60. The molecule has 1 atom stereocenters. The van der Waals surface area contributed by atoms with E-state index < -0.39 is 6.10 Å². The van der Waals surface area contributed by atoms with Crippen LogP contribution in [0.3, 0.4) is 0 Å². The topological polar surface area (TPSA) is 36.4 Å². The molecule has 0 saturated heterocycles. The van der Waals surface area contributed by atoms with Crippen LogP contribution in [0.1, 0.15) is 11.7 Å². The average Bonchev–Trinajstić information content (AvgIpc) is 2.39. The van der Waals surface area contributed by atoms with Crippen molar-refractivity contribution in [2.45, 2.75) is 6.10 Å². The van der Waals surface area contributed by atoms with E-state index in [1.165, 1.54) is 0 Å². The molecule has 19 heavy (non-hydrogen) atoms. The van der Waals surface area contributed by atoms with Gasteiger partial charge >= 0.3 is 0 Å². The number of anilines is 1. The van der Waals surface area contributed by atoms with Gasteiger partial charge in [-0.1, -0.05) is 53.5 Å². The molecule has 0 radical (unpaired) electrons. The number of aromatic nitrogens is 1. The van der Waals surface area contributed by atoms with Crippen molar-refractivity contribution in [3.63, 3.8) is 0 Å². The van der Waals surface area contributed by atoms with E-state index in [1.807, 2.05) is 42.3 Å². The second kappa shape index (κ2) is 6.24. The molecule has 0 bridgehead atoms. The fraction of sp³-hybridized carbons (Fsp3) is 0.214. The molecule has 100 valence electrons.